The number of para-hydroxylation sites is 1. The minimum atomic E-state index is -0.471. The molecule has 0 aliphatic heterocycles. The first-order chi connectivity index (χ1) is 12.3. The van der Waals surface area contributed by atoms with E-state index in [1.54, 1.807) is 12.1 Å². The standard InChI is InChI=1S/C20H29FN2O2/c21-18-14-10-11-15-19(18)25-16-20(24)23-22-17-12-8-6-4-2-1-3-5-7-9-13-17/h10-11,14-15H,1-9,12-13,16H2,(H,23,24). The summed E-state index contributed by atoms with van der Waals surface area (Å²) in [6, 6.07) is 6.05. The molecule has 25 heavy (non-hydrogen) atoms. The molecule has 138 valence electrons. The van der Waals surface area contributed by atoms with Crippen molar-refractivity contribution in [3.8, 4) is 5.75 Å². The molecule has 0 atom stereocenters. The smallest absolute Gasteiger partial charge is 0.277 e. The second-order valence-electron chi connectivity index (χ2n) is 6.61. The zero-order valence-electron chi connectivity index (χ0n) is 14.9. The fourth-order valence-electron chi connectivity index (χ4n) is 3.01. The van der Waals surface area contributed by atoms with Crippen molar-refractivity contribution < 1.29 is 13.9 Å². The lowest BCUT2D eigenvalue weighted by Gasteiger charge is -2.10. The summed E-state index contributed by atoms with van der Waals surface area (Å²) < 4.78 is 18.6. The zero-order chi connectivity index (χ0) is 17.7. The predicted molar refractivity (Wildman–Crippen MR) is 98.3 cm³/mol. The SMILES string of the molecule is O=C(COc1ccccc1F)NN=C1CCCCCCCCCCC1. The van der Waals surface area contributed by atoms with Gasteiger partial charge in [0.2, 0.25) is 0 Å². The van der Waals surface area contributed by atoms with Gasteiger partial charge in [-0.1, -0.05) is 57.1 Å². The number of hydrogen-bond donors (Lipinski definition) is 1. The van der Waals surface area contributed by atoms with Crippen molar-refractivity contribution in [3.63, 3.8) is 0 Å². The molecule has 0 heterocycles. The Morgan fingerprint density at radius 2 is 1.52 bits per heavy atom. The quantitative estimate of drug-likeness (QED) is 0.780. The highest BCUT2D eigenvalue weighted by molar-refractivity contribution is 5.86. The molecule has 1 aliphatic rings. The minimum absolute atomic E-state index is 0.0799. The molecule has 1 fully saturated rings. The van der Waals surface area contributed by atoms with Gasteiger partial charge in [-0.15, -0.1) is 0 Å². The maximum absolute atomic E-state index is 13.4. The molecule has 1 aromatic carbocycles. The van der Waals surface area contributed by atoms with Crippen LogP contribution in [-0.2, 0) is 4.79 Å². The molecule has 1 aliphatic carbocycles. The van der Waals surface area contributed by atoms with Gasteiger partial charge in [0.05, 0.1) is 0 Å². The second kappa shape index (κ2) is 11.6. The maximum atomic E-state index is 13.4. The summed E-state index contributed by atoms with van der Waals surface area (Å²) in [5.74, 6) is -0.751. The highest BCUT2D eigenvalue weighted by Gasteiger charge is 2.07. The van der Waals surface area contributed by atoms with Gasteiger partial charge in [0.25, 0.3) is 5.91 Å². The summed E-state index contributed by atoms with van der Waals surface area (Å²) in [4.78, 5) is 11.9. The first kappa shape index (κ1) is 19.4. The Morgan fingerprint density at radius 1 is 0.960 bits per heavy atom. The molecule has 1 N–H and O–H groups in total. The molecule has 0 unspecified atom stereocenters. The number of rotatable bonds is 4. The van der Waals surface area contributed by atoms with Gasteiger partial charge in [-0.2, -0.15) is 5.10 Å². The van der Waals surface area contributed by atoms with E-state index in [-0.39, 0.29) is 18.3 Å². The highest BCUT2D eigenvalue weighted by Crippen LogP contribution is 2.16. The molecule has 2 rings (SSSR count). The van der Waals surface area contributed by atoms with Crippen molar-refractivity contribution in [1.29, 1.82) is 0 Å². The van der Waals surface area contributed by atoms with Crippen LogP contribution < -0.4 is 10.2 Å². The van der Waals surface area contributed by atoms with E-state index in [9.17, 15) is 9.18 Å². The molecule has 0 radical (unpaired) electrons. The number of benzene rings is 1. The van der Waals surface area contributed by atoms with E-state index in [2.05, 4.69) is 10.5 Å². The van der Waals surface area contributed by atoms with Gasteiger partial charge in [0.1, 0.15) is 0 Å². The number of ether oxygens (including phenoxy) is 1. The van der Waals surface area contributed by atoms with Crippen molar-refractivity contribution in [2.24, 2.45) is 5.10 Å². The van der Waals surface area contributed by atoms with Gasteiger partial charge in [-0.05, 0) is 37.8 Å². The van der Waals surface area contributed by atoms with Crippen LogP contribution in [0.25, 0.3) is 0 Å². The van der Waals surface area contributed by atoms with E-state index in [4.69, 9.17) is 4.74 Å². The third kappa shape index (κ3) is 8.14. The van der Waals surface area contributed by atoms with Crippen LogP contribution in [0.4, 0.5) is 4.39 Å². The van der Waals surface area contributed by atoms with Crippen LogP contribution in [0.1, 0.15) is 70.6 Å². The molecule has 0 aromatic heterocycles. The molecular weight excluding hydrogens is 319 g/mol. The Morgan fingerprint density at radius 3 is 2.12 bits per heavy atom. The van der Waals surface area contributed by atoms with Crippen molar-refractivity contribution in [2.75, 3.05) is 6.61 Å². The Hall–Kier alpha value is -1.91. The monoisotopic (exact) mass is 348 g/mol. The molecule has 0 bridgehead atoms. The summed E-state index contributed by atoms with van der Waals surface area (Å²) >= 11 is 0. The fourth-order valence-corrected chi connectivity index (χ4v) is 3.01. The summed E-state index contributed by atoms with van der Waals surface area (Å²) in [6.45, 7) is -0.238. The Kier molecular flexibility index (Phi) is 9.02. The number of amides is 1. The summed E-state index contributed by atoms with van der Waals surface area (Å²) in [5.41, 5.74) is 3.61. The average Bonchev–Trinajstić information content (AvgIpc) is 2.60. The largest absolute Gasteiger partial charge is 0.481 e. The normalized spacial score (nSPS) is 17.1. The Labute approximate surface area is 149 Å². The number of carbonyl (C=O) groups is 1. The van der Waals surface area contributed by atoms with Crippen LogP contribution in [0, 0.1) is 5.82 Å². The molecule has 0 spiro atoms. The van der Waals surface area contributed by atoms with Gasteiger partial charge in [0.15, 0.2) is 18.2 Å². The Bertz CT molecular complexity index is 546. The fraction of sp³-hybridized carbons (Fsp3) is 0.600. The summed E-state index contributed by atoms with van der Waals surface area (Å²) in [5, 5.41) is 4.29. The molecule has 4 nitrogen and oxygen atoms in total. The van der Waals surface area contributed by atoms with Crippen molar-refractivity contribution >= 4 is 11.6 Å². The molecule has 1 aromatic rings. The van der Waals surface area contributed by atoms with E-state index < -0.39 is 5.82 Å². The molecule has 1 saturated carbocycles. The first-order valence-electron chi connectivity index (χ1n) is 9.47. The minimum Gasteiger partial charge on any atom is -0.481 e. The lowest BCUT2D eigenvalue weighted by Crippen LogP contribution is -2.26. The van der Waals surface area contributed by atoms with E-state index >= 15 is 0 Å². The molecule has 5 heteroatoms. The third-order valence-electron chi connectivity index (χ3n) is 4.46. The number of carbonyl (C=O) groups excluding carboxylic acids is 1. The van der Waals surface area contributed by atoms with Crippen LogP contribution >= 0.6 is 0 Å². The average molecular weight is 348 g/mol. The zero-order valence-corrected chi connectivity index (χ0v) is 14.9. The number of nitrogens with zero attached hydrogens (tertiary/aromatic N) is 1. The van der Waals surface area contributed by atoms with E-state index in [0.29, 0.717) is 0 Å². The third-order valence-corrected chi connectivity index (χ3v) is 4.46. The van der Waals surface area contributed by atoms with Gasteiger partial charge < -0.3 is 4.74 Å². The van der Waals surface area contributed by atoms with Gasteiger partial charge >= 0.3 is 0 Å². The topological polar surface area (TPSA) is 50.7 Å². The van der Waals surface area contributed by atoms with Crippen LogP contribution in [0.15, 0.2) is 29.4 Å². The predicted octanol–water partition coefficient (Wildman–Crippen LogP) is 4.98. The van der Waals surface area contributed by atoms with Crippen molar-refractivity contribution in [2.45, 2.75) is 70.6 Å². The summed E-state index contributed by atoms with van der Waals surface area (Å²) in [7, 11) is 0. The molecular formula is C20H29FN2O2. The van der Waals surface area contributed by atoms with Crippen molar-refractivity contribution in [1.82, 2.24) is 5.43 Å². The number of hydrazone groups is 1. The van der Waals surface area contributed by atoms with E-state index in [0.717, 1.165) is 31.4 Å². The molecule has 0 saturated heterocycles. The number of halogens is 1. The molecule has 1 amide bonds. The maximum Gasteiger partial charge on any atom is 0.277 e. The number of hydrogen-bond acceptors (Lipinski definition) is 3. The Balaban J connectivity index is 1.77. The van der Waals surface area contributed by atoms with Gasteiger partial charge in [0, 0.05) is 5.71 Å². The van der Waals surface area contributed by atoms with E-state index in [1.807, 2.05) is 0 Å². The van der Waals surface area contributed by atoms with Gasteiger partial charge in [-0.25, -0.2) is 9.82 Å². The van der Waals surface area contributed by atoms with E-state index in [1.165, 1.54) is 57.1 Å². The second-order valence-corrected chi connectivity index (χ2v) is 6.61. The summed E-state index contributed by atoms with van der Waals surface area (Å²) in [6.07, 6.45) is 13.2. The van der Waals surface area contributed by atoms with Crippen molar-refractivity contribution in [3.05, 3.63) is 30.1 Å². The lowest BCUT2D eigenvalue weighted by atomic mass is 10.00. The van der Waals surface area contributed by atoms with Crippen LogP contribution in [0.5, 0.6) is 5.75 Å². The highest BCUT2D eigenvalue weighted by atomic mass is 19.1. The van der Waals surface area contributed by atoms with Gasteiger partial charge in [-0.3, -0.25) is 4.79 Å². The first-order valence-corrected chi connectivity index (χ1v) is 9.47. The van der Waals surface area contributed by atoms with Crippen LogP contribution in [0.2, 0.25) is 0 Å². The number of nitrogens with one attached hydrogen (secondary N) is 1. The lowest BCUT2D eigenvalue weighted by molar-refractivity contribution is -0.123. The van der Waals surface area contributed by atoms with Crippen LogP contribution in [0.3, 0.4) is 0 Å². The van der Waals surface area contributed by atoms with Crippen LogP contribution in [-0.4, -0.2) is 18.2 Å².